The second-order valence-corrected chi connectivity index (χ2v) is 5.89. The summed E-state index contributed by atoms with van der Waals surface area (Å²) >= 11 is 11.5. The zero-order chi connectivity index (χ0) is 15.9. The van der Waals surface area contributed by atoms with Crippen molar-refractivity contribution < 1.29 is 18.8 Å². The van der Waals surface area contributed by atoms with E-state index in [2.05, 4.69) is 5.32 Å². The third-order valence-corrected chi connectivity index (χ3v) is 3.87. The molecular formula is C13H11Cl2FN2O3. The Morgan fingerprint density at radius 2 is 1.90 bits per heavy atom. The Bertz CT molecular complexity index is 661. The quantitative estimate of drug-likeness (QED) is 0.632. The number of amides is 3. The van der Waals surface area contributed by atoms with Crippen molar-refractivity contribution in [2.24, 2.45) is 0 Å². The molecule has 1 aliphatic heterocycles. The van der Waals surface area contributed by atoms with Crippen molar-refractivity contribution in [1.29, 1.82) is 0 Å². The molecule has 3 amide bonds. The van der Waals surface area contributed by atoms with Crippen LogP contribution in [-0.4, -0.2) is 34.7 Å². The molecule has 1 saturated heterocycles. The van der Waals surface area contributed by atoms with Crippen LogP contribution in [0.25, 0.3) is 0 Å². The number of piperazine rings is 1. The summed E-state index contributed by atoms with van der Waals surface area (Å²) in [6.45, 7) is 2.64. The molecule has 5 nitrogen and oxygen atoms in total. The second kappa shape index (κ2) is 5.27. The number of imide groups is 1. The van der Waals surface area contributed by atoms with Crippen LogP contribution in [0.3, 0.4) is 0 Å². The van der Waals surface area contributed by atoms with Gasteiger partial charge in [0, 0.05) is 0 Å². The van der Waals surface area contributed by atoms with Crippen LogP contribution in [0.5, 0.6) is 0 Å². The van der Waals surface area contributed by atoms with E-state index >= 15 is 0 Å². The van der Waals surface area contributed by atoms with E-state index in [0.29, 0.717) is 0 Å². The number of carbonyl (C=O) groups is 3. The van der Waals surface area contributed by atoms with Crippen molar-refractivity contribution in [2.45, 2.75) is 19.4 Å². The Hall–Kier alpha value is -1.66. The van der Waals surface area contributed by atoms with E-state index in [1.54, 1.807) is 0 Å². The summed E-state index contributed by atoms with van der Waals surface area (Å²) in [6.07, 6.45) is 0. The van der Waals surface area contributed by atoms with Gasteiger partial charge in [-0.15, -0.1) is 0 Å². The first-order chi connectivity index (χ1) is 9.64. The van der Waals surface area contributed by atoms with Crippen LogP contribution in [0.1, 0.15) is 24.2 Å². The third-order valence-electron chi connectivity index (χ3n) is 3.27. The van der Waals surface area contributed by atoms with Gasteiger partial charge in [0.25, 0.3) is 11.8 Å². The molecule has 1 heterocycles. The van der Waals surface area contributed by atoms with Crippen molar-refractivity contribution in [2.75, 3.05) is 6.54 Å². The van der Waals surface area contributed by atoms with E-state index in [1.165, 1.54) is 13.8 Å². The summed E-state index contributed by atoms with van der Waals surface area (Å²) in [7, 11) is 0. The number of halogens is 3. The molecule has 0 unspecified atom stereocenters. The lowest BCUT2D eigenvalue weighted by Crippen LogP contribution is -2.65. The first-order valence-electron chi connectivity index (χ1n) is 5.95. The van der Waals surface area contributed by atoms with Crippen molar-refractivity contribution in [3.63, 3.8) is 0 Å². The Morgan fingerprint density at radius 3 is 2.52 bits per heavy atom. The van der Waals surface area contributed by atoms with E-state index in [-0.39, 0.29) is 22.2 Å². The van der Waals surface area contributed by atoms with Crippen molar-refractivity contribution in [1.82, 2.24) is 10.2 Å². The SMILES string of the molecule is CC1(C)C(=O)NC(=O)CN1C(=O)c1cc(F)c(Cl)cc1Cl. The third kappa shape index (κ3) is 2.73. The van der Waals surface area contributed by atoms with Gasteiger partial charge in [-0.25, -0.2) is 4.39 Å². The maximum atomic E-state index is 13.5. The average molecular weight is 333 g/mol. The Morgan fingerprint density at radius 1 is 1.29 bits per heavy atom. The Labute approximate surface area is 130 Å². The van der Waals surface area contributed by atoms with Crippen LogP contribution in [0.15, 0.2) is 12.1 Å². The molecule has 0 saturated carbocycles. The molecule has 2 rings (SSSR count). The predicted molar refractivity (Wildman–Crippen MR) is 74.7 cm³/mol. The zero-order valence-corrected chi connectivity index (χ0v) is 12.7. The van der Waals surface area contributed by atoms with Gasteiger partial charge in [-0.2, -0.15) is 0 Å². The smallest absolute Gasteiger partial charge is 0.256 e. The standard InChI is InChI=1S/C13H11Cl2FN2O3/c1-13(2)12(21)17-10(19)5-18(13)11(20)6-3-9(16)8(15)4-7(6)14/h3-4H,5H2,1-2H3,(H,17,19,21). The molecule has 1 fully saturated rings. The fourth-order valence-corrected chi connectivity index (χ4v) is 2.40. The lowest BCUT2D eigenvalue weighted by Gasteiger charge is -2.40. The van der Waals surface area contributed by atoms with Gasteiger partial charge in [0.2, 0.25) is 5.91 Å². The second-order valence-electron chi connectivity index (χ2n) is 5.07. The molecule has 1 aliphatic rings. The largest absolute Gasteiger partial charge is 0.315 e. The molecule has 0 aliphatic carbocycles. The minimum Gasteiger partial charge on any atom is -0.315 e. The number of carbonyl (C=O) groups excluding carboxylic acids is 3. The van der Waals surface area contributed by atoms with E-state index in [9.17, 15) is 18.8 Å². The minimum absolute atomic E-state index is 0.0550. The first-order valence-corrected chi connectivity index (χ1v) is 6.71. The van der Waals surface area contributed by atoms with Crippen molar-refractivity contribution in [3.8, 4) is 0 Å². The molecule has 0 atom stereocenters. The van der Waals surface area contributed by atoms with Gasteiger partial charge in [0.1, 0.15) is 17.9 Å². The summed E-state index contributed by atoms with van der Waals surface area (Å²) in [4.78, 5) is 36.8. The van der Waals surface area contributed by atoms with Crippen molar-refractivity contribution in [3.05, 3.63) is 33.6 Å². The van der Waals surface area contributed by atoms with E-state index in [0.717, 1.165) is 17.0 Å². The molecule has 112 valence electrons. The highest BCUT2D eigenvalue weighted by Gasteiger charge is 2.44. The molecular weight excluding hydrogens is 322 g/mol. The molecule has 0 spiro atoms. The maximum Gasteiger partial charge on any atom is 0.256 e. The summed E-state index contributed by atoms with van der Waals surface area (Å²) in [5.41, 5.74) is -1.42. The highest BCUT2D eigenvalue weighted by Crippen LogP contribution is 2.28. The number of hydrogen-bond donors (Lipinski definition) is 1. The molecule has 1 aromatic rings. The van der Waals surface area contributed by atoms with Gasteiger partial charge in [-0.05, 0) is 26.0 Å². The van der Waals surface area contributed by atoms with Crippen LogP contribution < -0.4 is 5.32 Å². The number of hydrogen-bond acceptors (Lipinski definition) is 3. The lowest BCUT2D eigenvalue weighted by atomic mass is 9.97. The van der Waals surface area contributed by atoms with Gasteiger partial charge < -0.3 is 4.90 Å². The van der Waals surface area contributed by atoms with Gasteiger partial charge in [0.05, 0.1) is 15.6 Å². The molecule has 0 radical (unpaired) electrons. The van der Waals surface area contributed by atoms with Gasteiger partial charge in [0.15, 0.2) is 0 Å². The van der Waals surface area contributed by atoms with Crippen LogP contribution in [0.4, 0.5) is 4.39 Å². The van der Waals surface area contributed by atoms with Gasteiger partial charge in [-0.3, -0.25) is 19.7 Å². The van der Waals surface area contributed by atoms with Gasteiger partial charge >= 0.3 is 0 Å². The van der Waals surface area contributed by atoms with Crippen LogP contribution in [0.2, 0.25) is 10.0 Å². The fourth-order valence-electron chi connectivity index (χ4n) is 1.94. The van der Waals surface area contributed by atoms with Gasteiger partial charge in [-0.1, -0.05) is 23.2 Å². The topological polar surface area (TPSA) is 66.5 Å². The molecule has 0 aromatic heterocycles. The normalized spacial score (nSPS) is 17.7. The molecule has 8 heteroatoms. The van der Waals surface area contributed by atoms with E-state index in [4.69, 9.17) is 23.2 Å². The predicted octanol–water partition coefficient (Wildman–Crippen LogP) is 2.01. The molecule has 21 heavy (non-hydrogen) atoms. The van der Waals surface area contributed by atoms with E-state index in [1.807, 2.05) is 0 Å². The molecule has 1 N–H and O–H groups in total. The number of rotatable bonds is 1. The molecule has 1 aromatic carbocycles. The minimum atomic E-state index is -1.26. The monoisotopic (exact) mass is 332 g/mol. The summed E-state index contributed by atoms with van der Waals surface area (Å²) in [5.74, 6) is -2.75. The fraction of sp³-hybridized carbons (Fsp3) is 0.308. The number of nitrogens with zero attached hydrogens (tertiary/aromatic N) is 1. The Kier molecular flexibility index (Phi) is 3.95. The van der Waals surface area contributed by atoms with Crippen molar-refractivity contribution >= 4 is 40.9 Å². The van der Waals surface area contributed by atoms with E-state index < -0.39 is 29.1 Å². The van der Waals surface area contributed by atoms with Crippen LogP contribution in [-0.2, 0) is 9.59 Å². The lowest BCUT2D eigenvalue weighted by molar-refractivity contribution is -0.143. The molecule has 0 bridgehead atoms. The van der Waals surface area contributed by atoms with Crippen LogP contribution in [0, 0.1) is 5.82 Å². The highest BCUT2D eigenvalue weighted by molar-refractivity contribution is 6.37. The highest BCUT2D eigenvalue weighted by atomic mass is 35.5. The average Bonchev–Trinajstić information content (AvgIpc) is 2.37. The summed E-state index contributed by atoms with van der Waals surface area (Å²) in [5, 5.41) is 1.87. The number of nitrogens with one attached hydrogen (secondary N) is 1. The zero-order valence-electron chi connectivity index (χ0n) is 11.2. The Balaban J connectivity index is 2.46. The number of benzene rings is 1. The summed E-state index contributed by atoms with van der Waals surface area (Å²) < 4.78 is 13.5. The van der Waals surface area contributed by atoms with Crippen LogP contribution >= 0.6 is 23.2 Å². The summed E-state index contributed by atoms with van der Waals surface area (Å²) in [6, 6.07) is 1.99. The maximum absolute atomic E-state index is 13.5. The first kappa shape index (κ1) is 15.7.